The zero-order valence-electron chi connectivity index (χ0n) is 19.2. The number of nitriles is 2. The number of aryl methyl sites for hydroxylation is 1. The molecule has 0 unspecified atom stereocenters. The predicted molar refractivity (Wildman–Crippen MR) is 135 cm³/mol. The van der Waals surface area contributed by atoms with Gasteiger partial charge < -0.3 is 9.30 Å². The Hall–Kier alpha value is -3.46. The Morgan fingerprint density at radius 3 is 2.44 bits per heavy atom. The van der Waals surface area contributed by atoms with Gasteiger partial charge in [0.25, 0.3) is 0 Å². The SMILES string of the molecule is CCOC(=O)c1sc(CC(=O)/C(C#N)=C/c2cc(C)n(-c3ccc(Br)cc3)c2C)c(C#N)c1C. The summed E-state index contributed by atoms with van der Waals surface area (Å²) in [6.45, 7) is 7.47. The second-order valence-corrected chi connectivity index (χ2v) is 9.62. The summed E-state index contributed by atoms with van der Waals surface area (Å²) in [6.07, 6.45) is 1.44. The summed E-state index contributed by atoms with van der Waals surface area (Å²) in [5.41, 5.74) is 4.37. The number of carbonyl (C=O) groups excluding carboxylic acids is 2. The maximum atomic E-state index is 13.0. The number of carbonyl (C=O) groups is 2. The first kappa shape index (κ1) is 25.2. The molecular formula is C26H22BrN3O3S. The van der Waals surface area contributed by atoms with Crippen molar-refractivity contribution < 1.29 is 14.3 Å². The molecule has 0 radical (unpaired) electrons. The fourth-order valence-electron chi connectivity index (χ4n) is 3.73. The number of hydrogen-bond donors (Lipinski definition) is 0. The van der Waals surface area contributed by atoms with Crippen LogP contribution in [0, 0.1) is 43.4 Å². The zero-order valence-corrected chi connectivity index (χ0v) is 21.6. The summed E-state index contributed by atoms with van der Waals surface area (Å²) >= 11 is 4.51. The zero-order chi connectivity index (χ0) is 25.0. The number of ketones is 1. The van der Waals surface area contributed by atoms with E-state index < -0.39 is 11.8 Å². The monoisotopic (exact) mass is 535 g/mol. The molecule has 2 heterocycles. The molecule has 6 nitrogen and oxygen atoms in total. The minimum atomic E-state index is -0.517. The van der Waals surface area contributed by atoms with Crippen molar-refractivity contribution >= 4 is 45.1 Å². The number of Topliss-reactive ketones (excluding diaryl/α,β-unsaturated/α-hetero) is 1. The average Bonchev–Trinajstić information content (AvgIpc) is 3.27. The quantitative estimate of drug-likeness (QED) is 0.210. The number of halogens is 1. The fourth-order valence-corrected chi connectivity index (χ4v) is 5.14. The van der Waals surface area contributed by atoms with Gasteiger partial charge >= 0.3 is 5.97 Å². The Labute approximate surface area is 210 Å². The Bertz CT molecular complexity index is 1380. The third-order valence-electron chi connectivity index (χ3n) is 5.39. The van der Waals surface area contributed by atoms with Crippen LogP contribution in [0.25, 0.3) is 11.8 Å². The van der Waals surface area contributed by atoms with Gasteiger partial charge in [0, 0.05) is 32.8 Å². The molecule has 2 aromatic heterocycles. The summed E-state index contributed by atoms with van der Waals surface area (Å²) in [4.78, 5) is 26.0. The van der Waals surface area contributed by atoms with E-state index in [-0.39, 0.29) is 24.2 Å². The molecule has 34 heavy (non-hydrogen) atoms. The molecule has 0 aliphatic heterocycles. The number of allylic oxidation sites excluding steroid dienone is 1. The summed E-state index contributed by atoms with van der Waals surface area (Å²) in [5, 5.41) is 19.3. The number of nitrogens with zero attached hydrogens (tertiary/aromatic N) is 3. The average molecular weight is 536 g/mol. The van der Waals surface area contributed by atoms with Crippen molar-refractivity contribution in [3.05, 3.63) is 78.2 Å². The van der Waals surface area contributed by atoms with Crippen molar-refractivity contribution in [3.8, 4) is 17.8 Å². The van der Waals surface area contributed by atoms with Crippen molar-refractivity contribution in [2.45, 2.75) is 34.1 Å². The number of hydrogen-bond acceptors (Lipinski definition) is 6. The highest BCUT2D eigenvalue weighted by Gasteiger charge is 2.23. The number of ether oxygens (including phenoxy) is 1. The van der Waals surface area contributed by atoms with E-state index in [2.05, 4.69) is 26.6 Å². The Balaban J connectivity index is 1.94. The van der Waals surface area contributed by atoms with Crippen LogP contribution in [-0.2, 0) is 16.0 Å². The lowest BCUT2D eigenvalue weighted by Crippen LogP contribution is -2.05. The maximum Gasteiger partial charge on any atom is 0.348 e. The smallest absolute Gasteiger partial charge is 0.348 e. The van der Waals surface area contributed by atoms with Crippen molar-refractivity contribution in [3.63, 3.8) is 0 Å². The standard InChI is InChI=1S/C26H22BrN3O3S/c1-5-33-26(32)25-16(3)22(14-29)24(34-25)12-23(31)19(13-28)11-18-10-15(2)30(17(18)4)21-8-6-20(27)7-9-21/h6-11H,5,12H2,1-4H3/b19-11+. The molecule has 0 aliphatic carbocycles. The van der Waals surface area contributed by atoms with Gasteiger partial charge in [0.1, 0.15) is 17.0 Å². The van der Waals surface area contributed by atoms with Gasteiger partial charge in [-0.25, -0.2) is 4.79 Å². The van der Waals surface area contributed by atoms with Gasteiger partial charge in [-0.2, -0.15) is 10.5 Å². The minimum Gasteiger partial charge on any atom is -0.462 e. The molecule has 0 saturated carbocycles. The molecular weight excluding hydrogens is 514 g/mol. The highest BCUT2D eigenvalue weighted by Crippen LogP contribution is 2.30. The Morgan fingerprint density at radius 1 is 1.18 bits per heavy atom. The van der Waals surface area contributed by atoms with Gasteiger partial charge in [-0.3, -0.25) is 4.79 Å². The molecule has 0 spiro atoms. The second-order valence-electron chi connectivity index (χ2n) is 7.59. The van der Waals surface area contributed by atoms with E-state index in [1.54, 1.807) is 19.9 Å². The van der Waals surface area contributed by atoms with Crippen LogP contribution in [-0.4, -0.2) is 22.9 Å². The van der Waals surface area contributed by atoms with Crippen LogP contribution in [0.1, 0.15) is 49.6 Å². The number of esters is 1. The number of rotatable bonds is 7. The highest BCUT2D eigenvalue weighted by molar-refractivity contribution is 9.10. The Morgan fingerprint density at radius 2 is 1.85 bits per heavy atom. The molecule has 0 saturated heterocycles. The van der Waals surface area contributed by atoms with Crippen LogP contribution >= 0.6 is 27.3 Å². The van der Waals surface area contributed by atoms with Crippen molar-refractivity contribution in [1.82, 2.24) is 4.57 Å². The van der Waals surface area contributed by atoms with Crippen molar-refractivity contribution in [2.24, 2.45) is 0 Å². The van der Waals surface area contributed by atoms with Gasteiger partial charge in [-0.15, -0.1) is 11.3 Å². The van der Waals surface area contributed by atoms with Crippen molar-refractivity contribution in [2.75, 3.05) is 6.61 Å². The van der Waals surface area contributed by atoms with E-state index in [0.717, 1.165) is 38.4 Å². The fraction of sp³-hybridized carbons (Fsp3) is 0.231. The highest BCUT2D eigenvalue weighted by atomic mass is 79.9. The van der Waals surface area contributed by atoms with Crippen LogP contribution in [0.3, 0.4) is 0 Å². The third-order valence-corrected chi connectivity index (χ3v) is 7.19. The maximum absolute atomic E-state index is 13.0. The molecule has 0 atom stereocenters. The molecule has 0 N–H and O–H groups in total. The topological polar surface area (TPSA) is 95.9 Å². The first-order chi connectivity index (χ1) is 16.2. The van der Waals surface area contributed by atoms with E-state index in [1.807, 2.05) is 50.2 Å². The van der Waals surface area contributed by atoms with Gasteiger partial charge in [0.15, 0.2) is 5.78 Å². The third kappa shape index (κ3) is 5.04. The van der Waals surface area contributed by atoms with E-state index in [0.29, 0.717) is 15.3 Å². The van der Waals surface area contributed by atoms with Crippen LogP contribution in [0.2, 0.25) is 0 Å². The number of aromatic nitrogens is 1. The molecule has 0 aliphatic rings. The number of thiophene rings is 1. The number of benzene rings is 1. The second kappa shape index (κ2) is 10.6. The van der Waals surface area contributed by atoms with Crippen molar-refractivity contribution in [1.29, 1.82) is 10.5 Å². The van der Waals surface area contributed by atoms with Gasteiger partial charge in [0.2, 0.25) is 0 Å². The molecule has 3 aromatic rings. The predicted octanol–water partition coefficient (Wildman–Crippen LogP) is 5.99. The molecule has 172 valence electrons. The van der Waals surface area contributed by atoms with E-state index in [1.165, 1.54) is 0 Å². The van der Waals surface area contributed by atoms with E-state index in [4.69, 9.17) is 4.74 Å². The molecule has 0 amide bonds. The lowest BCUT2D eigenvalue weighted by atomic mass is 10.0. The van der Waals surface area contributed by atoms with Gasteiger partial charge in [0.05, 0.1) is 17.7 Å². The molecule has 0 fully saturated rings. The van der Waals surface area contributed by atoms with E-state index in [9.17, 15) is 20.1 Å². The molecule has 8 heteroatoms. The largest absolute Gasteiger partial charge is 0.462 e. The first-order valence-electron chi connectivity index (χ1n) is 10.5. The van der Waals surface area contributed by atoms with Crippen LogP contribution < -0.4 is 0 Å². The van der Waals surface area contributed by atoms with Crippen LogP contribution in [0.15, 0.2) is 40.4 Å². The van der Waals surface area contributed by atoms with Gasteiger partial charge in [-0.1, -0.05) is 15.9 Å². The summed E-state index contributed by atoms with van der Waals surface area (Å²) < 4.78 is 8.08. The molecule has 0 bridgehead atoms. The summed E-state index contributed by atoms with van der Waals surface area (Å²) in [5.74, 6) is -0.930. The Kier molecular flexibility index (Phi) is 7.88. The molecule has 1 aromatic carbocycles. The summed E-state index contributed by atoms with van der Waals surface area (Å²) in [7, 11) is 0. The normalized spacial score (nSPS) is 11.1. The summed E-state index contributed by atoms with van der Waals surface area (Å²) in [6, 6.07) is 13.9. The lowest BCUT2D eigenvalue weighted by Gasteiger charge is -2.09. The van der Waals surface area contributed by atoms with E-state index >= 15 is 0 Å². The lowest BCUT2D eigenvalue weighted by molar-refractivity contribution is -0.114. The minimum absolute atomic E-state index is 0.0105. The van der Waals surface area contributed by atoms with Crippen LogP contribution in [0.5, 0.6) is 0 Å². The molecule has 3 rings (SSSR count). The van der Waals surface area contributed by atoms with Gasteiger partial charge in [-0.05, 0) is 75.2 Å². The first-order valence-corrected chi connectivity index (χ1v) is 12.1. The van der Waals surface area contributed by atoms with Crippen LogP contribution in [0.4, 0.5) is 0 Å².